The van der Waals surface area contributed by atoms with Crippen LogP contribution in [0.2, 0.25) is 0 Å². The Bertz CT molecular complexity index is 341. The second-order valence-corrected chi connectivity index (χ2v) is 5.08. The van der Waals surface area contributed by atoms with E-state index in [0.29, 0.717) is 6.04 Å². The standard InChI is InChI=1S/C14H22N2O/c1-3-14(2)9-13(6-8-17-14)16-11-12-5-4-7-15-10-12/h4-5,7,10,13,16H,3,6,8-9,11H2,1-2H3. The van der Waals surface area contributed by atoms with E-state index in [4.69, 9.17) is 4.74 Å². The van der Waals surface area contributed by atoms with E-state index in [0.717, 1.165) is 32.4 Å². The summed E-state index contributed by atoms with van der Waals surface area (Å²) in [5.74, 6) is 0. The van der Waals surface area contributed by atoms with Gasteiger partial charge in [0.2, 0.25) is 0 Å². The van der Waals surface area contributed by atoms with Crippen molar-refractivity contribution in [1.82, 2.24) is 10.3 Å². The third kappa shape index (κ3) is 3.51. The number of pyridine rings is 1. The van der Waals surface area contributed by atoms with Crippen molar-refractivity contribution >= 4 is 0 Å². The minimum atomic E-state index is 0.0604. The van der Waals surface area contributed by atoms with Crippen LogP contribution < -0.4 is 5.32 Å². The largest absolute Gasteiger partial charge is 0.375 e. The summed E-state index contributed by atoms with van der Waals surface area (Å²) in [5.41, 5.74) is 1.31. The molecule has 1 aromatic rings. The van der Waals surface area contributed by atoms with Crippen LogP contribution in [0, 0.1) is 0 Å². The van der Waals surface area contributed by atoms with Crippen LogP contribution >= 0.6 is 0 Å². The first-order valence-corrected chi connectivity index (χ1v) is 6.48. The van der Waals surface area contributed by atoms with Crippen molar-refractivity contribution in [3.8, 4) is 0 Å². The third-order valence-corrected chi connectivity index (χ3v) is 3.66. The predicted octanol–water partition coefficient (Wildman–Crippen LogP) is 2.52. The summed E-state index contributed by atoms with van der Waals surface area (Å²) in [6, 6.07) is 4.66. The highest BCUT2D eigenvalue weighted by molar-refractivity contribution is 5.08. The first kappa shape index (κ1) is 12.5. The highest BCUT2D eigenvalue weighted by atomic mass is 16.5. The van der Waals surface area contributed by atoms with Crippen molar-refractivity contribution in [2.24, 2.45) is 0 Å². The van der Waals surface area contributed by atoms with Crippen molar-refractivity contribution < 1.29 is 4.74 Å². The predicted molar refractivity (Wildman–Crippen MR) is 68.7 cm³/mol. The molecule has 2 heterocycles. The molecular weight excluding hydrogens is 212 g/mol. The van der Waals surface area contributed by atoms with E-state index in [1.165, 1.54) is 5.56 Å². The van der Waals surface area contributed by atoms with Crippen molar-refractivity contribution in [3.05, 3.63) is 30.1 Å². The number of hydrogen-bond acceptors (Lipinski definition) is 3. The molecule has 17 heavy (non-hydrogen) atoms. The first-order valence-electron chi connectivity index (χ1n) is 6.48. The van der Waals surface area contributed by atoms with Gasteiger partial charge in [-0.1, -0.05) is 13.0 Å². The zero-order valence-electron chi connectivity index (χ0n) is 10.8. The fraction of sp³-hybridized carbons (Fsp3) is 0.643. The zero-order chi connectivity index (χ0) is 12.1. The molecule has 1 fully saturated rings. The quantitative estimate of drug-likeness (QED) is 0.869. The summed E-state index contributed by atoms with van der Waals surface area (Å²) >= 11 is 0. The maximum Gasteiger partial charge on any atom is 0.0666 e. The van der Waals surface area contributed by atoms with E-state index < -0.39 is 0 Å². The molecule has 1 aromatic heterocycles. The van der Waals surface area contributed by atoms with Gasteiger partial charge in [-0.15, -0.1) is 0 Å². The topological polar surface area (TPSA) is 34.2 Å². The fourth-order valence-corrected chi connectivity index (χ4v) is 2.32. The van der Waals surface area contributed by atoms with E-state index in [2.05, 4.69) is 30.2 Å². The van der Waals surface area contributed by atoms with E-state index in [9.17, 15) is 0 Å². The van der Waals surface area contributed by atoms with Crippen LogP contribution in [0.5, 0.6) is 0 Å². The minimum Gasteiger partial charge on any atom is -0.375 e. The number of nitrogens with one attached hydrogen (secondary N) is 1. The average Bonchev–Trinajstić information content (AvgIpc) is 2.38. The first-order chi connectivity index (χ1) is 8.22. The lowest BCUT2D eigenvalue weighted by Gasteiger charge is -2.38. The minimum absolute atomic E-state index is 0.0604. The van der Waals surface area contributed by atoms with Gasteiger partial charge < -0.3 is 10.1 Å². The molecule has 94 valence electrons. The third-order valence-electron chi connectivity index (χ3n) is 3.66. The zero-order valence-corrected chi connectivity index (χ0v) is 10.8. The van der Waals surface area contributed by atoms with Crippen molar-refractivity contribution in [3.63, 3.8) is 0 Å². The molecular formula is C14H22N2O. The Kier molecular flexibility index (Phi) is 4.13. The van der Waals surface area contributed by atoms with Gasteiger partial charge in [0.15, 0.2) is 0 Å². The summed E-state index contributed by atoms with van der Waals surface area (Å²) in [6.45, 7) is 6.18. The molecule has 0 bridgehead atoms. The van der Waals surface area contributed by atoms with E-state index in [1.54, 1.807) is 0 Å². The summed E-state index contributed by atoms with van der Waals surface area (Å²) in [7, 11) is 0. The second-order valence-electron chi connectivity index (χ2n) is 5.08. The Morgan fingerprint density at radius 2 is 2.47 bits per heavy atom. The number of rotatable bonds is 4. The number of aromatic nitrogens is 1. The molecule has 0 aliphatic carbocycles. The molecule has 1 saturated heterocycles. The molecule has 0 radical (unpaired) electrons. The molecule has 0 saturated carbocycles. The van der Waals surface area contributed by atoms with Crippen LogP contribution in [-0.4, -0.2) is 23.2 Å². The summed E-state index contributed by atoms with van der Waals surface area (Å²) < 4.78 is 5.84. The van der Waals surface area contributed by atoms with Gasteiger partial charge in [0, 0.05) is 31.6 Å². The highest BCUT2D eigenvalue weighted by Gasteiger charge is 2.31. The van der Waals surface area contributed by atoms with Gasteiger partial charge >= 0.3 is 0 Å². The van der Waals surface area contributed by atoms with Gasteiger partial charge in [-0.25, -0.2) is 0 Å². The van der Waals surface area contributed by atoms with Gasteiger partial charge in [-0.05, 0) is 37.8 Å². The van der Waals surface area contributed by atoms with Crippen LogP contribution in [0.25, 0.3) is 0 Å². The van der Waals surface area contributed by atoms with Gasteiger partial charge in [-0.3, -0.25) is 4.98 Å². The van der Waals surface area contributed by atoms with Gasteiger partial charge in [0.1, 0.15) is 0 Å². The van der Waals surface area contributed by atoms with Crippen LogP contribution in [0.3, 0.4) is 0 Å². The molecule has 2 unspecified atom stereocenters. The maximum atomic E-state index is 5.84. The van der Waals surface area contributed by atoms with Crippen molar-refractivity contribution in [2.45, 2.75) is 51.3 Å². The Morgan fingerprint density at radius 1 is 1.59 bits per heavy atom. The molecule has 0 aromatic carbocycles. The average molecular weight is 234 g/mol. The lowest BCUT2D eigenvalue weighted by molar-refractivity contribution is -0.0781. The Morgan fingerprint density at radius 3 is 3.18 bits per heavy atom. The number of ether oxygens (including phenoxy) is 1. The SMILES string of the molecule is CCC1(C)CC(NCc2cccnc2)CCO1. The summed E-state index contributed by atoms with van der Waals surface area (Å²) in [4.78, 5) is 4.13. The van der Waals surface area contributed by atoms with Crippen LogP contribution in [-0.2, 0) is 11.3 Å². The molecule has 0 amide bonds. The van der Waals surface area contributed by atoms with Gasteiger partial charge in [-0.2, -0.15) is 0 Å². The monoisotopic (exact) mass is 234 g/mol. The normalized spacial score (nSPS) is 29.2. The van der Waals surface area contributed by atoms with E-state index in [1.807, 2.05) is 18.5 Å². The molecule has 3 nitrogen and oxygen atoms in total. The van der Waals surface area contributed by atoms with Crippen LogP contribution in [0.1, 0.15) is 38.7 Å². The van der Waals surface area contributed by atoms with E-state index in [-0.39, 0.29) is 5.60 Å². The maximum absolute atomic E-state index is 5.84. The summed E-state index contributed by atoms with van der Waals surface area (Å²) in [5, 5.41) is 3.61. The lowest BCUT2D eigenvalue weighted by atomic mass is 9.90. The highest BCUT2D eigenvalue weighted by Crippen LogP contribution is 2.27. The summed E-state index contributed by atoms with van der Waals surface area (Å²) in [6.07, 6.45) is 7.02. The van der Waals surface area contributed by atoms with Crippen LogP contribution in [0.15, 0.2) is 24.5 Å². The van der Waals surface area contributed by atoms with Gasteiger partial charge in [0.05, 0.1) is 5.60 Å². The molecule has 1 aliphatic heterocycles. The smallest absolute Gasteiger partial charge is 0.0666 e. The van der Waals surface area contributed by atoms with Gasteiger partial charge in [0.25, 0.3) is 0 Å². The number of nitrogens with zero attached hydrogens (tertiary/aromatic N) is 1. The van der Waals surface area contributed by atoms with Crippen LogP contribution in [0.4, 0.5) is 0 Å². The van der Waals surface area contributed by atoms with Crippen molar-refractivity contribution in [1.29, 1.82) is 0 Å². The molecule has 2 atom stereocenters. The molecule has 2 rings (SSSR count). The Hall–Kier alpha value is -0.930. The van der Waals surface area contributed by atoms with Crippen molar-refractivity contribution in [2.75, 3.05) is 6.61 Å². The number of hydrogen-bond donors (Lipinski definition) is 1. The molecule has 1 N–H and O–H groups in total. The lowest BCUT2D eigenvalue weighted by Crippen LogP contribution is -2.44. The second kappa shape index (κ2) is 5.61. The van der Waals surface area contributed by atoms with E-state index >= 15 is 0 Å². The molecule has 1 aliphatic rings. The Labute approximate surface area is 104 Å². The molecule has 0 spiro atoms. The fourth-order valence-electron chi connectivity index (χ4n) is 2.32. The Balaban J connectivity index is 1.83. The molecule has 3 heteroatoms.